The monoisotopic (exact) mass is 338 g/mol. The van der Waals surface area contributed by atoms with Gasteiger partial charge in [-0.25, -0.2) is 4.39 Å². The lowest BCUT2D eigenvalue weighted by Crippen LogP contribution is -2.14. The molecule has 0 atom stereocenters. The van der Waals surface area contributed by atoms with Gasteiger partial charge in [-0.05, 0) is 54.6 Å². The molecule has 0 aliphatic heterocycles. The van der Waals surface area contributed by atoms with Crippen LogP contribution in [0, 0.1) is 5.82 Å². The van der Waals surface area contributed by atoms with Gasteiger partial charge in [0.25, 0.3) is 5.91 Å². The summed E-state index contributed by atoms with van der Waals surface area (Å²) in [7, 11) is 0. The molecule has 1 aromatic heterocycles. The quantitative estimate of drug-likeness (QED) is 0.581. The van der Waals surface area contributed by atoms with Crippen LogP contribution in [0.1, 0.15) is 17.3 Å². The van der Waals surface area contributed by atoms with Crippen LogP contribution >= 0.6 is 0 Å². The molecule has 0 fully saturated rings. The molecule has 3 rings (SSSR count). The van der Waals surface area contributed by atoms with E-state index in [0.717, 1.165) is 0 Å². The average molecular weight is 338 g/mol. The van der Waals surface area contributed by atoms with Crippen LogP contribution in [0.3, 0.4) is 0 Å². The molecule has 0 spiro atoms. The van der Waals surface area contributed by atoms with E-state index in [1.807, 2.05) is 12.1 Å². The van der Waals surface area contributed by atoms with E-state index in [0.29, 0.717) is 22.7 Å². The molecule has 0 bridgehead atoms. The molecule has 0 unspecified atom stereocenters. The number of aromatic nitrogens is 1. The van der Waals surface area contributed by atoms with Crippen molar-refractivity contribution >= 4 is 17.6 Å². The number of nitrogens with one attached hydrogen (secondary N) is 1. The molecule has 0 aliphatic carbocycles. The number of amides is 1. The second-order valence-corrected chi connectivity index (χ2v) is 5.32. The number of ether oxygens (including phenoxy) is 1. The zero-order chi connectivity index (χ0) is 17.8. The van der Waals surface area contributed by atoms with E-state index < -0.39 is 17.7 Å². The molecule has 126 valence electrons. The Labute approximate surface area is 143 Å². The molecule has 0 saturated carbocycles. The number of carbonyl (C=O) groups is 2. The van der Waals surface area contributed by atoms with E-state index in [2.05, 4.69) is 5.32 Å². The molecular formula is C19H15FN2O3. The molecule has 0 saturated heterocycles. The maximum Gasteiger partial charge on any atom is 0.308 e. The van der Waals surface area contributed by atoms with Crippen molar-refractivity contribution in [3.05, 3.63) is 78.4 Å². The lowest BCUT2D eigenvalue weighted by atomic mass is 10.2. The minimum absolute atomic E-state index is 0.350. The van der Waals surface area contributed by atoms with Crippen molar-refractivity contribution in [2.24, 2.45) is 0 Å². The molecule has 5 nitrogen and oxygen atoms in total. The average Bonchev–Trinajstić information content (AvgIpc) is 3.09. The van der Waals surface area contributed by atoms with Crippen LogP contribution in [-0.2, 0) is 4.79 Å². The van der Waals surface area contributed by atoms with Crippen molar-refractivity contribution in [2.45, 2.75) is 6.92 Å². The van der Waals surface area contributed by atoms with Crippen LogP contribution in [0.2, 0.25) is 0 Å². The Bertz CT molecular complexity index is 903. The SMILES string of the molecule is CC(=O)Oc1ccc(C(=O)Nc2cc(F)ccc2-n2cccc2)cc1. The summed E-state index contributed by atoms with van der Waals surface area (Å²) in [5.41, 5.74) is 1.36. The van der Waals surface area contributed by atoms with Gasteiger partial charge < -0.3 is 14.6 Å². The minimum atomic E-state index is -0.448. The van der Waals surface area contributed by atoms with Crippen LogP contribution in [0.25, 0.3) is 5.69 Å². The fourth-order valence-corrected chi connectivity index (χ4v) is 2.36. The van der Waals surface area contributed by atoms with Gasteiger partial charge in [0.1, 0.15) is 11.6 Å². The number of halogens is 1. The summed E-state index contributed by atoms with van der Waals surface area (Å²) in [5, 5.41) is 2.71. The number of esters is 1. The maximum atomic E-state index is 13.6. The van der Waals surface area contributed by atoms with Crippen molar-refractivity contribution < 1.29 is 18.7 Å². The predicted octanol–water partition coefficient (Wildman–Crippen LogP) is 3.79. The van der Waals surface area contributed by atoms with E-state index in [1.165, 1.54) is 43.3 Å². The summed E-state index contributed by atoms with van der Waals surface area (Å²) in [6, 6.07) is 14.0. The Kier molecular flexibility index (Phi) is 4.61. The molecular weight excluding hydrogens is 323 g/mol. The van der Waals surface area contributed by atoms with Crippen molar-refractivity contribution in [3.8, 4) is 11.4 Å². The van der Waals surface area contributed by atoms with Gasteiger partial charge in [-0.3, -0.25) is 9.59 Å². The van der Waals surface area contributed by atoms with E-state index in [1.54, 1.807) is 23.0 Å². The summed E-state index contributed by atoms with van der Waals surface area (Å²) in [4.78, 5) is 23.3. The first-order valence-electron chi connectivity index (χ1n) is 7.55. The zero-order valence-electron chi connectivity index (χ0n) is 13.4. The number of hydrogen-bond donors (Lipinski definition) is 1. The van der Waals surface area contributed by atoms with Crippen LogP contribution in [0.5, 0.6) is 5.75 Å². The highest BCUT2D eigenvalue weighted by Gasteiger charge is 2.12. The van der Waals surface area contributed by atoms with Crippen molar-refractivity contribution in [3.63, 3.8) is 0 Å². The third-order valence-electron chi connectivity index (χ3n) is 3.47. The zero-order valence-corrected chi connectivity index (χ0v) is 13.4. The van der Waals surface area contributed by atoms with E-state index >= 15 is 0 Å². The highest BCUT2D eigenvalue weighted by atomic mass is 19.1. The Morgan fingerprint density at radius 2 is 1.72 bits per heavy atom. The van der Waals surface area contributed by atoms with Gasteiger partial charge in [-0.2, -0.15) is 0 Å². The number of rotatable bonds is 4. The van der Waals surface area contributed by atoms with Gasteiger partial charge in [0.2, 0.25) is 0 Å². The summed E-state index contributed by atoms with van der Waals surface area (Å²) >= 11 is 0. The number of carbonyl (C=O) groups excluding carboxylic acids is 2. The first kappa shape index (κ1) is 16.4. The Morgan fingerprint density at radius 1 is 1.04 bits per heavy atom. The lowest BCUT2D eigenvalue weighted by molar-refractivity contribution is -0.131. The van der Waals surface area contributed by atoms with Gasteiger partial charge in [-0.15, -0.1) is 0 Å². The van der Waals surface area contributed by atoms with E-state index in [9.17, 15) is 14.0 Å². The van der Waals surface area contributed by atoms with Gasteiger partial charge in [0, 0.05) is 24.9 Å². The molecule has 0 radical (unpaired) electrons. The van der Waals surface area contributed by atoms with Crippen LogP contribution in [-0.4, -0.2) is 16.4 Å². The van der Waals surface area contributed by atoms with Crippen LogP contribution < -0.4 is 10.1 Å². The van der Waals surface area contributed by atoms with Gasteiger partial charge in [0.05, 0.1) is 11.4 Å². The molecule has 1 heterocycles. The largest absolute Gasteiger partial charge is 0.427 e. The predicted molar refractivity (Wildman–Crippen MR) is 91.4 cm³/mol. The minimum Gasteiger partial charge on any atom is -0.427 e. The van der Waals surface area contributed by atoms with Crippen molar-refractivity contribution in [1.82, 2.24) is 4.57 Å². The molecule has 6 heteroatoms. The van der Waals surface area contributed by atoms with Gasteiger partial charge >= 0.3 is 5.97 Å². The fraction of sp³-hybridized carbons (Fsp3) is 0.0526. The highest BCUT2D eigenvalue weighted by molar-refractivity contribution is 6.05. The Balaban J connectivity index is 1.83. The molecule has 1 amide bonds. The Morgan fingerprint density at radius 3 is 2.36 bits per heavy atom. The van der Waals surface area contributed by atoms with E-state index in [4.69, 9.17) is 4.74 Å². The highest BCUT2D eigenvalue weighted by Crippen LogP contribution is 2.23. The third kappa shape index (κ3) is 3.92. The smallest absolute Gasteiger partial charge is 0.308 e. The van der Waals surface area contributed by atoms with Crippen molar-refractivity contribution in [1.29, 1.82) is 0 Å². The standard InChI is InChI=1S/C19H15FN2O3/c1-13(23)25-16-7-4-14(5-8-16)19(24)21-17-12-15(20)6-9-18(17)22-10-2-3-11-22/h2-12H,1H3,(H,21,24). The third-order valence-corrected chi connectivity index (χ3v) is 3.47. The topological polar surface area (TPSA) is 60.3 Å². The maximum absolute atomic E-state index is 13.6. The first-order valence-corrected chi connectivity index (χ1v) is 7.55. The van der Waals surface area contributed by atoms with E-state index in [-0.39, 0.29) is 0 Å². The summed E-state index contributed by atoms with van der Waals surface area (Å²) in [6.45, 7) is 1.30. The first-order chi connectivity index (χ1) is 12.0. The van der Waals surface area contributed by atoms with Crippen molar-refractivity contribution in [2.75, 3.05) is 5.32 Å². The summed E-state index contributed by atoms with van der Waals surface area (Å²) < 4.78 is 20.3. The lowest BCUT2D eigenvalue weighted by Gasteiger charge is -2.12. The second-order valence-electron chi connectivity index (χ2n) is 5.32. The summed E-state index contributed by atoms with van der Waals surface area (Å²) in [6.07, 6.45) is 3.60. The number of benzene rings is 2. The fourth-order valence-electron chi connectivity index (χ4n) is 2.36. The number of anilines is 1. The Hall–Kier alpha value is -3.41. The summed E-state index contributed by atoms with van der Waals surface area (Å²) in [5.74, 6) is -0.930. The molecule has 3 aromatic rings. The number of nitrogens with zero attached hydrogens (tertiary/aromatic N) is 1. The molecule has 25 heavy (non-hydrogen) atoms. The van der Waals surface area contributed by atoms with Crippen LogP contribution in [0.4, 0.5) is 10.1 Å². The van der Waals surface area contributed by atoms with Crippen LogP contribution in [0.15, 0.2) is 67.0 Å². The van der Waals surface area contributed by atoms with Gasteiger partial charge in [0.15, 0.2) is 0 Å². The molecule has 2 aromatic carbocycles. The molecule has 1 N–H and O–H groups in total. The normalized spacial score (nSPS) is 10.3. The second kappa shape index (κ2) is 7.00. The molecule has 0 aliphatic rings. The van der Waals surface area contributed by atoms with Gasteiger partial charge in [-0.1, -0.05) is 0 Å². The number of hydrogen-bond acceptors (Lipinski definition) is 3.